The lowest BCUT2D eigenvalue weighted by Gasteiger charge is -2.44. The van der Waals surface area contributed by atoms with Crippen LogP contribution < -0.4 is 10.1 Å². The Labute approximate surface area is 200 Å². The maximum Gasteiger partial charge on any atom is 0.260 e. The van der Waals surface area contributed by atoms with Crippen LogP contribution in [-0.2, 0) is 16.1 Å². The molecule has 2 atom stereocenters. The third kappa shape index (κ3) is 6.43. The molecule has 1 heterocycles. The Hall–Kier alpha value is -2.16. The third-order valence-corrected chi connectivity index (χ3v) is 6.17. The van der Waals surface area contributed by atoms with E-state index in [4.69, 9.17) is 16.3 Å². The second-order valence-electron chi connectivity index (χ2n) is 7.91. The molecule has 6 nitrogen and oxygen atoms in total. The van der Waals surface area contributed by atoms with E-state index in [2.05, 4.69) is 33.1 Å². The van der Waals surface area contributed by atoms with Crippen molar-refractivity contribution < 1.29 is 18.7 Å². The number of amides is 2. The molecule has 1 fully saturated rings. The fourth-order valence-electron chi connectivity index (χ4n) is 3.72. The van der Waals surface area contributed by atoms with Crippen molar-refractivity contribution in [3.05, 3.63) is 58.9 Å². The predicted molar refractivity (Wildman–Crippen MR) is 127 cm³/mol. The molecule has 2 aromatic carbocycles. The molecule has 1 aliphatic rings. The lowest BCUT2D eigenvalue weighted by Crippen LogP contribution is -2.58. The minimum absolute atomic E-state index is 0.000497. The summed E-state index contributed by atoms with van der Waals surface area (Å²) in [6.45, 7) is 5.91. The highest BCUT2D eigenvalue weighted by Crippen LogP contribution is 2.28. The van der Waals surface area contributed by atoms with E-state index >= 15 is 0 Å². The molecule has 0 bridgehead atoms. The van der Waals surface area contributed by atoms with Gasteiger partial charge in [0.1, 0.15) is 11.6 Å². The van der Waals surface area contributed by atoms with Gasteiger partial charge in [-0.1, -0.05) is 39.7 Å². The van der Waals surface area contributed by atoms with Crippen molar-refractivity contribution in [3.8, 4) is 5.75 Å². The lowest BCUT2D eigenvalue weighted by atomic mass is 10.1. The Morgan fingerprint density at radius 2 is 1.88 bits per heavy atom. The van der Waals surface area contributed by atoms with Crippen LogP contribution in [0, 0.1) is 5.82 Å². The van der Waals surface area contributed by atoms with Gasteiger partial charge in [-0.25, -0.2) is 4.39 Å². The smallest absolute Gasteiger partial charge is 0.260 e. The van der Waals surface area contributed by atoms with Gasteiger partial charge in [-0.05, 0) is 49.7 Å². The molecule has 0 unspecified atom stereocenters. The number of piperazine rings is 1. The summed E-state index contributed by atoms with van der Waals surface area (Å²) in [6, 6.07) is 11.5. The zero-order valence-electron chi connectivity index (χ0n) is 18.0. The fourth-order valence-corrected chi connectivity index (χ4v) is 4.03. The first kappa shape index (κ1) is 24.5. The highest BCUT2D eigenvalue weighted by Gasteiger charge is 2.32. The van der Waals surface area contributed by atoms with Crippen molar-refractivity contribution >= 4 is 45.0 Å². The Morgan fingerprint density at radius 1 is 1.16 bits per heavy atom. The number of halogens is 3. The average molecular weight is 527 g/mol. The second kappa shape index (κ2) is 11.1. The number of nitrogens with one attached hydrogen (secondary N) is 1. The van der Waals surface area contributed by atoms with Gasteiger partial charge in [0.15, 0.2) is 6.61 Å². The summed E-state index contributed by atoms with van der Waals surface area (Å²) in [6.07, 6.45) is 0. The molecule has 0 radical (unpaired) electrons. The van der Waals surface area contributed by atoms with E-state index in [0.29, 0.717) is 36.1 Å². The van der Waals surface area contributed by atoms with Crippen LogP contribution in [0.5, 0.6) is 5.75 Å². The maximum absolute atomic E-state index is 13.2. The zero-order valence-corrected chi connectivity index (χ0v) is 20.3. The monoisotopic (exact) mass is 525 g/mol. The van der Waals surface area contributed by atoms with E-state index in [1.807, 2.05) is 11.8 Å². The van der Waals surface area contributed by atoms with Gasteiger partial charge in [0.05, 0.1) is 11.0 Å². The summed E-state index contributed by atoms with van der Waals surface area (Å²) in [7, 11) is 0. The molecule has 0 saturated carbocycles. The van der Waals surface area contributed by atoms with Crippen LogP contribution in [0.4, 0.5) is 10.1 Å². The van der Waals surface area contributed by atoms with Crippen molar-refractivity contribution in [1.29, 1.82) is 0 Å². The van der Waals surface area contributed by atoms with Crippen LogP contribution in [0.3, 0.4) is 0 Å². The highest BCUT2D eigenvalue weighted by atomic mass is 79.9. The number of rotatable bonds is 7. The fraction of sp³-hybridized carbons (Fsp3) is 0.391. The Morgan fingerprint density at radius 3 is 2.56 bits per heavy atom. The standard InChI is InChI=1S/C23H26BrClFN3O3/c1-15-12-29(16(2)11-28(15)13-17-3-6-19(26)7-4-17)23(31)14-32-21-8-5-18(25)9-20(21)27-22(30)10-24/h3-9,15-16H,10-14H2,1-2H3,(H,27,30)/t15-,16+/m1/s1. The number of alkyl halides is 1. The van der Waals surface area contributed by atoms with E-state index in [1.54, 1.807) is 30.3 Å². The number of anilines is 1. The van der Waals surface area contributed by atoms with Gasteiger partial charge in [0, 0.05) is 36.7 Å². The van der Waals surface area contributed by atoms with Crippen LogP contribution in [-0.4, -0.2) is 58.7 Å². The van der Waals surface area contributed by atoms with Gasteiger partial charge < -0.3 is 15.0 Å². The second-order valence-corrected chi connectivity index (χ2v) is 8.91. The minimum atomic E-state index is -0.249. The normalized spacial score (nSPS) is 19.0. The molecular weight excluding hydrogens is 501 g/mol. The summed E-state index contributed by atoms with van der Waals surface area (Å²) >= 11 is 9.13. The first-order valence-electron chi connectivity index (χ1n) is 10.3. The van der Waals surface area contributed by atoms with Crippen molar-refractivity contribution in [1.82, 2.24) is 9.80 Å². The van der Waals surface area contributed by atoms with E-state index in [0.717, 1.165) is 5.56 Å². The van der Waals surface area contributed by atoms with Gasteiger partial charge in [-0.2, -0.15) is 0 Å². The van der Waals surface area contributed by atoms with Crippen LogP contribution in [0.15, 0.2) is 42.5 Å². The number of carbonyl (C=O) groups is 2. The van der Waals surface area contributed by atoms with Crippen LogP contribution in [0.25, 0.3) is 0 Å². The van der Waals surface area contributed by atoms with Gasteiger partial charge >= 0.3 is 0 Å². The van der Waals surface area contributed by atoms with E-state index in [9.17, 15) is 14.0 Å². The summed E-state index contributed by atoms with van der Waals surface area (Å²) in [5, 5.41) is 3.29. The summed E-state index contributed by atoms with van der Waals surface area (Å²) in [5.74, 6) is -0.240. The summed E-state index contributed by atoms with van der Waals surface area (Å²) in [4.78, 5) is 28.7. The summed E-state index contributed by atoms with van der Waals surface area (Å²) in [5.41, 5.74) is 1.45. The van der Waals surface area contributed by atoms with E-state index in [-0.39, 0.29) is 41.7 Å². The first-order valence-corrected chi connectivity index (χ1v) is 11.8. The average Bonchev–Trinajstić information content (AvgIpc) is 2.76. The number of hydrogen-bond donors (Lipinski definition) is 1. The Balaban J connectivity index is 1.59. The van der Waals surface area contributed by atoms with Gasteiger partial charge in [-0.15, -0.1) is 0 Å². The quantitative estimate of drug-likeness (QED) is 0.546. The number of nitrogens with zero attached hydrogens (tertiary/aromatic N) is 2. The first-order chi connectivity index (χ1) is 15.3. The van der Waals surface area contributed by atoms with Crippen molar-refractivity contribution in [2.45, 2.75) is 32.5 Å². The van der Waals surface area contributed by atoms with Crippen molar-refractivity contribution in [2.24, 2.45) is 0 Å². The van der Waals surface area contributed by atoms with Crippen LogP contribution in [0.2, 0.25) is 5.02 Å². The molecular formula is C23H26BrClFN3O3. The van der Waals surface area contributed by atoms with Gasteiger partial charge in [0.25, 0.3) is 5.91 Å². The molecule has 2 amide bonds. The Kier molecular flexibility index (Phi) is 8.51. The third-order valence-electron chi connectivity index (χ3n) is 5.42. The molecule has 172 valence electrons. The number of benzene rings is 2. The Bertz CT molecular complexity index is 960. The minimum Gasteiger partial charge on any atom is -0.482 e. The highest BCUT2D eigenvalue weighted by molar-refractivity contribution is 9.09. The molecule has 0 aromatic heterocycles. The molecule has 1 aliphatic heterocycles. The van der Waals surface area contributed by atoms with Gasteiger partial charge in [-0.3, -0.25) is 14.5 Å². The van der Waals surface area contributed by atoms with Crippen LogP contribution in [0.1, 0.15) is 19.4 Å². The SMILES string of the molecule is C[C@@H]1CN(C(=O)COc2ccc(Cl)cc2NC(=O)CBr)[C@@H](C)CN1Cc1ccc(F)cc1. The van der Waals surface area contributed by atoms with Crippen molar-refractivity contribution in [2.75, 3.05) is 30.3 Å². The number of carbonyl (C=O) groups excluding carboxylic acids is 2. The lowest BCUT2D eigenvalue weighted by molar-refractivity contribution is -0.139. The predicted octanol–water partition coefficient (Wildman–Crippen LogP) is 4.31. The molecule has 32 heavy (non-hydrogen) atoms. The molecule has 0 aliphatic carbocycles. The van der Waals surface area contributed by atoms with Gasteiger partial charge in [0.2, 0.25) is 5.91 Å². The summed E-state index contributed by atoms with van der Waals surface area (Å²) < 4.78 is 18.9. The molecule has 0 spiro atoms. The topological polar surface area (TPSA) is 61.9 Å². The van der Waals surface area contributed by atoms with Crippen molar-refractivity contribution in [3.63, 3.8) is 0 Å². The zero-order chi connectivity index (χ0) is 23.3. The molecule has 3 rings (SSSR count). The van der Waals surface area contributed by atoms with E-state index in [1.165, 1.54) is 12.1 Å². The largest absolute Gasteiger partial charge is 0.482 e. The van der Waals surface area contributed by atoms with Crippen LogP contribution >= 0.6 is 27.5 Å². The number of hydrogen-bond acceptors (Lipinski definition) is 4. The molecule has 2 aromatic rings. The molecule has 9 heteroatoms. The molecule has 1 saturated heterocycles. The number of ether oxygens (including phenoxy) is 1. The van der Waals surface area contributed by atoms with E-state index < -0.39 is 0 Å². The maximum atomic E-state index is 13.2. The molecule has 1 N–H and O–H groups in total.